The molecule has 124 valence electrons. The average molecular weight is 337 g/mol. The molecule has 0 aromatic heterocycles. The predicted octanol–water partition coefficient (Wildman–Crippen LogP) is 4.98. The van der Waals surface area contributed by atoms with Crippen LogP contribution in [0.2, 0.25) is 0 Å². The summed E-state index contributed by atoms with van der Waals surface area (Å²) in [4.78, 5) is 0. The van der Waals surface area contributed by atoms with Crippen LogP contribution in [0.3, 0.4) is 0 Å². The fraction of sp³-hybridized carbons (Fsp3) is 0.250. The number of rotatable bonds is 2. The van der Waals surface area contributed by atoms with Crippen molar-refractivity contribution >= 4 is 0 Å². The quantitative estimate of drug-likeness (QED) is 0.766. The molecule has 2 rings (SSSR count). The Labute approximate surface area is 132 Å². The highest BCUT2D eigenvalue weighted by atomic mass is 19.4. The zero-order valence-electron chi connectivity index (χ0n) is 14.3. The molecule has 0 radical (unpaired) electrons. The molecule has 0 aliphatic heterocycles. The van der Waals surface area contributed by atoms with E-state index in [4.69, 9.17) is 4.11 Å². The van der Waals surface area contributed by atoms with Crippen LogP contribution < -0.4 is 0 Å². The molecule has 0 aliphatic carbocycles. The Kier molecular flexibility index (Phi) is 3.24. The summed E-state index contributed by atoms with van der Waals surface area (Å²) in [5.41, 5.74) is -6.28. The van der Waals surface area contributed by atoms with Crippen LogP contribution in [0.4, 0.5) is 26.3 Å². The van der Waals surface area contributed by atoms with Gasteiger partial charge in [0.1, 0.15) is 5.60 Å². The van der Waals surface area contributed by atoms with E-state index in [0.29, 0.717) is 24.3 Å². The van der Waals surface area contributed by atoms with Gasteiger partial charge in [-0.05, 0) is 42.2 Å². The van der Waals surface area contributed by atoms with Crippen molar-refractivity contribution in [2.45, 2.75) is 24.8 Å². The SMILES string of the molecule is [2H]C([2H])([2H])C(O)(c1ccc(C(F)(F)F)cc1)c1cccc(C(F)(F)F)c1. The van der Waals surface area contributed by atoms with Crippen LogP contribution in [-0.4, -0.2) is 5.11 Å². The van der Waals surface area contributed by atoms with Crippen LogP contribution in [0.15, 0.2) is 48.5 Å². The van der Waals surface area contributed by atoms with Crippen molar-refractivity contribution in [2.75, 3.05) is 0 Å². The minimum Gasteiger partial charge on any atom is -0.381 e. The molecule has 0 heterocycles. The zero-order chi connectivity index (χ0) is 20.0. The second-order valence-corrected chi connectivity index (χ2v) is 4.86. The maximum absolute atomic E-state index is 12.9. The molecule has 2 aromatic carbocycles. The summed E-state index contributed by atoms with van der Waals surface area (Å²) in [6, 6.07) is 5.61. The lowest BCUT2D eigenvalue weighted by molar-refractivity contribution is -0.138. The van der Waals surface area contributed by atoms with Crippen molar-refractivity contribution in [1.82, 2.24) is 0 Å². The van der Waals surface area contributed by atoms with E-state index in [1.54, 1.807) is 0 Å². The summed E-state index contributed by atoms with van der Waals surface area (Å²) < 4.78 is 99.3. The van der Waals surface area contributed by atoms with Crippen LogP contribution in [0.1, 0.15) is 33.2 Å². The number of alkyl halides is 6. The lowest BCUT2D eigenvalue weighted by atomic mass is 9.87. The third kappa shape index (κ3) is 3.67. The van der Waals surface area contributed by atoms with Gasteiger partial charge in [-0.3, -0.25) is 0 Å². The van der Waals surface area contributed by atoms with E-state index in [9.17, 15) is 31.4 Å². The molecule has 0 amide bonds. The first kappa shape index (κ1) is 13.4. The van der Waals surface area contributed by atoms with Gasteiger partial charge in [-0.25, -0.2) is 0 Å². The minimum atomic E-state index is -4.79. The molecule has 0 saturated heterocycles. The molecule has 23 heavy (non-hydrogen) atoms. The first-order valence-electron chi connectivity index (χ1n) is 7.75. The van der Waals surface area contributed by atoms with Crippen LogP contribution in [0, 0.1) is 0 Å². The highest BCUT2D eigenvalue weighted by molar-refractivity contribution is 5.39. The zero-order valence-corrected chi connectivity index (χ0v) is 11.3. The third-order valence-electron chi connectivity index (χ3n) is 3.24. The summed E-state index contributed by atoms with van der Waals surface area (Å²) in [6.07, 6.45) is -9.47. The van der Waals surface area contributed by atoms with Gasteiger partial charge in [-0.15, -0.1) is 0 Å². The number of benzene rings is 2. The Morgan fingerprint density at radius 3 is 1.70 bits per heavy atom. The molecule has 1 unspecified atom stereocenters. The van der Waals surface area contributed by atoms with Gasteiger partial charge in [0.05, 0.1) is 11.1 Å². The lowest BCUT2D eigenvalue weighted by Gasteiger charge is -2.25. The summed E-state index contributed by atoms with van der Waals surface area (Å²) in [5.74, 6) is 0. The maximum atomic E-state index is 12.9. The largest absolute Gasteiger partial charge is 0.416 e. The fourth-order valence-corrected chi connectivity index (χ4v) is 1.99. The van der Waals surface area contributed by atoms with Crippen molar-refractivity contribution < 1.29 is 35.6 Å². The van der Waals surface area contributed by atoms with Gasteiger partial charge in [0.25, 0.3) is 0 Å². The van der Waals surface area contributed by atoms with Crippen LogP contribution >= 0.6 is 0 Å². The molecule has 1 atom stereocenters. The Morgan fingerprint density at radius 1 is 0.739 bits per heavy atom. The van der Waals surface area contributed by atoms with Crippen molar-refractivity contribution in [2.24, 2.45) is 0 Å². The van der Waals surface area contributed by atoms with E-state index >= 15 is 0 Å². The van der Waals surface area contributed by atoms with E-state index in [0.717, 1.165) is 24.3 Å². The Hall–Kier alpha value is -2.02. The molecule has 1 nitrogen and oxygen atoms in total. The summed E-state index contributed by atoms with van der Waals surface area (Å²) in [7, 11) is 0. The van der Waals surface area contributed by atoms with Crippen molar-refractivity contribution in [3.05, 3.63) is 70.8 Å². The van der Waals surface area contributed by atoms with E-state index < -0.39 is 47.1 Å². The molecule has 0 saturated carbocycles. The van der Waals surface area contributed by atoms with Gasteiger partial charge in [-0.2, -0.15) is 26.3 Å². The van der Waals surface area contributed by atoms with Gasteiger partial charge in [0.15, 0.2) is 0 Å². The van der Waals surface area contributed by atoms with Gasteiger partial charge in [0.2, 0.25) is 0 Å². The Balaban J connectivity index is 2.64. The predicted molar refractivity (Wildman–Crippen MR) is 71.6 cm³/mol. The average Bonchev–Trinajstić information content (AvgIpc) is 2.51. The maximum Gasteiger partial charge on any atom is 0.416 e. The standard InChI is InChI=1S/C16H12F6O/c1-14(23,10-5-7-11(8-6-10)15(17,18)19)12-3-2-4-13(9-12)16(20,21)22/h2-9,23H,1H3/i1D3. The fourth-order valence-electron chi connectivity index (χ4n) is 1.99. The smallest absolute Gasteiger partial charge is 0.381 e. The van der Waals surface area contributed by atoms with Crippen molar-refractivity contribution in [3.63, 3.8) is 0 Å². The summed E-state index contributed by atoms with van der Waals surface area (Å²) in [6.45, 7) is -3.24. The minimum absolute atomic E-state index is 0.462. The van der Waals surface area contributed by atoms with Gasteiger partial charge in [0, 0.05) is 4.11 Å². The monoisotopic (exact) mass is 337 g/mol. The second kappa shape index (κ2) is 5.56. The molecule has 0 spiro atoms. The highest BCUT2D eigenvalue weighted by Gasteiger charge is 2.34. The Bertz CT molecular complexity index is 780. The first-order valence-corrected chi connectivity index (χ1v) is 6.25. The highest BCUT2D eigenvalue weighted by Crippen LogP contribution is 2.36. The van der Waals surface area contributed by atoms with Gasteiger partial charge >= 0.3 is 12.4 Å². The number of aliphatic hydroxyl groups is 1. The third-order valence-corrected chi connectivity index (χ3v) is 3.24. The first-order chi connectivity index (χ1) is 11.7. The summed E-state index contributed by atoms with van der Waals surface area (Å²) >= 11 is 0. The van der Waals surface area contributed by atoms with E-state index in [-0.39, 0.29) is 0 Å². The molecule has 0 fully saturated rings. The van der Waals surface area contributed by atoms with Gasteiger partial charge < -0.3 is 5.11 Å². The molecule has 1 N–H and O–H groups in total. The lowest BCUT2D eigenvalue weighted by Crippen LogP contribution is -2.23. The molecular weight excluding hydrogens is 322 g/mol. The van der Waals surface area contributed by atoms with Crippen molar-refractivity contribution in [1.29, 1.82) is 0 Å². The number of halogens is 6. The van der Waals surface area contributed by atoms with E-state index in [2.05, 4.69) is 0 Å². The van der Waals surface area contributed by atoms with E-state index in [1.165, 1.54) is 0 Å². The van der Waals surface area contributed by atoms with Crippen molar-refractivity contribution in [3.8, 4) is 0 Å². The normalized spacial score (nSPS) is 17.8. The molecule has 7 heteroatoms. The topological polar surface area (TPSA) is 20.2 Å². The number of hydrogen-bond acceptors (Lipinski definition) is 1. The molecule has 0 aliphatic rings. The summed E-state index contributed by atoms with van der Waals surface area (Å²) in [5, 5.41) is 10.8. The van der Waals surface area contributed by atoms with Crippen LogP contribution in [-0.2, 0) is 18.0 Å². The second-order valence-electron chi connectivity index (χ2n) is 4.86. The van der Waals surface area contributed by atoms with Crippen LogP contribution in [0.25, 0.3) is 0 Å². The Morgan fingerprint density at radius 2 is 1.22 bits per heavy atom. The van der Waals surface area contributed by atoms with Gasteiger partial charge in [-0.1, -0.05) is 24.3 Å². The number of hydrogen-bond donors (Lipinski definition) is 1. The van der Waals surface area contributed by atoms with Crippen LogP contribution in [0.5, 0.6) is 0 Å². The molecule has 0 bridgehead atoms. The molecule has 2 aromatic rings. The van der Waals surface area contributed by atoms with E-state index in [1.807, 2.05) is 0 Å². The molecular formula is C16H12F6O.